The van der Waals surface area contributed by atoms with Crippen LogP contribution in [0.2, 0.25) is 0 Å². The molecule has 0 aromatic rings. The van der Waals surface area contributed by atoms with Gasteiger partial charge in [-0.05, 0) is 49.9 Å². The summed E-state index contributed by atoms with van der Waals surface area (Å²) in [6.45, 7) is 1.37. The van der Waals surface area contributed by atoms with E-state index < -0.39 is 24.1 Å². The normalized spacial score (nSPS) is 29.4. The van der Waals surface area contributed by atoms with Gasteiger partial charge in [-0.15, -0.1) is 0 Å². The first-order chi connectivity index (χ1) is 16.8. The summed E-state index contributed by atoms with van der Waals surface area (Å²) in [6, 6.07) is -0.0802. The van der Waals surface area contributed by atoms with Gasteiger partial charge in [-0.3, -0.25) is 19.4 Å². The average Bonchev–Trinajstić information content (AvgIpc) is 2.81. The first-order valence-electron chi connectivity index (χ1n) is 14.1. The second kappa shape index (κ2) is 14.5. The molecule has 0 spiro atoms. The molecular formula is C27H48N2O6. The molecule has 0 aromatic carbocycles. The third-order valence-electron chi connectivity index (χ3n) is 8.71. The maximum atomic E-state index is 11.9. The van der Waals surface area contributed by atoms with Crippen molar-refractivity contribution >= 4 is 11.9 Å². The predicted octanol–water partition coefficient (Wildman–Crippen LogP) is 3.20. The van der Waals surface area contributed by atoms with Crippen LogP contribution in [0.1, 0.15) is 89.9 Å². The Kier molecular flexibility index (Phi) is 11.7. The van der Waals surface area contributed by atoms with E-state index in [1.165, 1.54) is 19.3 Å². The van der Waals surface area contributed by atoms with Crippen molar-refractivity contribution in [2.45, 2.75) is 108 Å². The Hall–Kier alpha value is -1.22. The van der Waals surface area contributed by atoms with E-state index in [9.17, 15) is 30.0 Å². The van der Waals surface area contributed by atoms with Crippen molar-refractivity contribution in [1.82, 2.24) is 9.80 Å². The molecule has 0 radical (unpaired) electrons. The smallest absolute Gasteiger partial charge is 0.317 e. The van der Waals surface area contributed by atoms with Crippen molar-refractivity contribution in [3.05, 3.63) is 0 Å². The Morgan fingerprint density at radius 2 is 1.20 bits per heavy atom. The fourth-order valence-electron chi connectivity index (χ4n) is 6.79. The first-order valence-corrected chi connectivity index (χ1v) is 14.1. The van der Waals surface area contributed by atoms with E-state index in [1.54, 1.807) is 0 Å². The lowest BCUT2D eigenvalue weighted by Crippen LogP contribution is -2.52. The third-order valence-corrected chi connectivity index (χ3v) is 8.71. The van der Waals surface area contributed by atoms with Gasteiger partial charge in [0.05, 0.1) is 25.3 Å². The molecule has 3 aliphatic rings. The summed E-state index contributed by atoms with van der Waals surface area (Å²) < 4.78 is 0. The van der Waals surface area contributed by atoms with Crippen LogP contribution in [0.5, 0.6) is 0 Å². The zero-order valence-corrected chi connectivity index (χ0v) is 21.4. The van der Waals surface area contributed by atoms with Gasteiger partial charge in [-0.1, -0.05) is 57.8 Å². The van der Waals surface area contributed by atoms with Crippen LogP contribution in [-0.4, -0.2) is 93.1 Å². The maximum Gasteiger partial charge on any atom is 0.317 e. The van der Waals surface area contributed by atoms with Crippen LogP contribution >= 0.6 is 0 Å². The second-order valence-electron chi connectivity index (χ2n) is 11.5. The molecule has 0 aliphatic heterocycles. The lowest BCUT2D eigenvalue weighted by molar-refractivity contribution is -0.141. The standard InChI is InChI=1S/C27H48N2O6/c30-24-12-6-4-10-21(24)15-28(18-26(32)33)17-23(14-20-8-2-1-3-9-20)29(19-27(34)35)16-22-11-5-7-13-25(22)31/h20-25,30-31H,1-19H2,(H,32,33)(H,34,35). The summed E-state index contributed by atoms with van der Waals surface area (Å²) in [7, 11) is 0. The number of hydrogen-bond acceptors (Lipinski definition) is 6. The van der Waals surface area contributed by atoms with Gasteiger partial charge in [0.2, 0.25) is 0 Å². The van der Waals surface area contributed by atoms with Gasteiger partial charge in [0, 0.05) is 25.7 Å². The molecule has 5 atom stereocenters. The molecule has 202 valence electrons. The van der Waals surface area contributed by atoms with Gasteiger partial charge >= 0.3 is 11.9 Å². The van der Waals surface area contributed by atoms with E-state index in [2.05, 4.69) is 0 Å². The number of carboxylic acid groups (broad SMARTS) is 2. The highest BCUT2D eigenvalue weighted by molar-refractivity contribution is 5.69. The summed E-state index contributed by atoms with van der Waals surface area (Å²) >= 11 is 0. The van der Waals surface area contributed by atoms with Crippen LogP contribution in [0.4, 0.5) is 0 Å². The fourth-order valence-corrected chi connectivity index (χ4v) is 6.79. The number of aliphatic hydroxyl groups is 2. The average molecular weight is 497 g/mol. The van der Waals surface area contributed by atoms with Crippen molar-refractivity contribution < 1.29 is 30.0 Å². The predicted molar refractivity (Wildman–Crippen MR) is 134 cm³/mol. The molecule has 0 heterocycles. The second-order valence-corrected chi connectivity index (χ2v) is 11.5. The molecule has 0 amide bonds. The number of carboxylic acids is 2. The van der Waals surface area contributed by atoms with E-state index in [4.69, 9.17) is 0 Å². The van der Waals surface area contributed by atoms with Crippen LogP contribution in [-0.2, 0) is 9.59 Å². The highest BCUT2D eigenvalue weighted by Gasteiger charge is 2.33. The highest BCUT2D eigenvalue weighted by Crippen LogP contribution is 2.32. The van der Waals surface area contributed by atoms with Crippen molar-refractivity contribution in [3.8, 4) is 0 Å². The number of carbonyl (C=O) groups is 2. The fraction of sp³-hybridized carbons (Fsp3) is 0.926. The van der Waals surface area contributed by atoms with Crippen molar-refractivity contribution in [1.29, 1.82) is 0 Å². The Morgan fingerprint density at radius 1 is 0.686 bits per heavy atom. The molecule has 0 aromatic heterocycles. The Bertz CT molecular complexity index is 656. The lowest BCUT2D eigenvalue weighted by Gasteiger charge is -2.41. The largest absolute Gasteiger partial charge is 0.480 e. The Balaban J connectivity index is 1.78. The van der Waals surface area contributed by atoms with Gasteiger partial charge < -0.3 is 20.4 Å². The lowest BCUT2D eigenvalue weighted by atomic mass is 9.82. The number of nitrogens with zero attached hydrogens (tertiary/aromatic N) is 2. The van der Waals surface area contributed by atoms with Gasteiger partial charge in [-0.2, -0.15) is 0 Å². The minimum absolute atomic E-state index is 0.0602. The van der Waals surface area contributed by atoms with Gasteiger partial charge in [0.15, 0.2) is 0 Å². The quantitative estimate of drug-likeness (QED) is 0.307. The third kappa shape index (κ3) is 9.63. The minimum Gasteiger partial charge on any atom is -0.480 e. The number of hydrogen-bond donors (Lipinski definition) is 4. The SMILES string of the molecule is O=C(O)CN(CC1CCCCC1O)CC(CC1CCCCC1)N(CC(=O)O)CC1CCCCC1O. The number of rotatable bonds is 13. The molecule has 8 heteroatoms. The molecule has 0 bridgehead atoms. The van der Waals surface area contributed by atoms with Gasteiger partial charge in [-0.25, -0.2) is 0 Å². The van der Waals surface area contributed by atoms with Crippen LogP contribution in [0.15, 0.2) is 0 Å². The maximum absolute atomic E-state index is 11.9. The summed E-state index contributed by atoms with van der Waals surface area (Å²) in [6.07, 6.45) is 13.5. The minimum atomic E-state index is -0.890. The molecule has 4 N–H and O–H groups in total. The van der Waals surface area contributed by atoms with E-state index >= 15 is 0 Å². The van der Waals surface area contributed by atoms with Crippen LogP contribution in [0, 0.1) is 17.8 Å². The molecule has 35 heavy (non-hydrogen) atoms. The molecule has 3 saturated carbocycles. The summed E-state index contributed by atoms with van der Waals surface area (Å²) in [4.78, 5) is 27.7. The molecule has 0 saturated heterocycles. The van der Waals surface area contributed by atoms with Crippen molar-refractivity contribution in [2.24, 2.45) is 17.8 Å². The molecule has 3 rings (SSSR count). The van der Waals surface area contributed by atoms with Gasteiger partial charge in [0.25, 0.3) is 0 Å². The molecular weight excluding hydrogens is 448 g/mol. The topological polar surface area (TPSA) is 122 Å². The van der Waals surface area contributed by atoms with E-state index in [0.717, 1.165) is 70.6 Å². The van der Waals surface area contributed by atoms with E-state index in [1.807, 2.05) is 9.80 Å². The van der Waals surface area contributed by atoms with Crippen LogP contribution in [0.25, 0.3) is 0 Å². The zero-order chi connectivity index (χ0) is 25.2. The molecule has 8 nitrogen and oxygen atoms in total. The van der Waals surface area contributed by atoms with Crippen molar-refractivity contribution in [2.75, 3.05) is 32.7 Å². The van der Waals surface area contributed by atoms with Gasteiger partial charge in [0.1, 0.15) is 0 Å². The molecule has 3 fully saturated rings. The van der Waals surface area contributed by atoms with Crippen LogP contribution < -0.4 is 0 Å². The highest BCUT2D eigenvalue weighted by atomic mass is 16.4. The Morgan fingerprint density at radius 3 is 1.74 bits per heavy atom. The molecule has 5 unspecified atom stereocenters. The van der Waals surface area contributed by atoms with Crippen molar-refractivity contribution in [3.63, 3.8) is 0 Å². The monoisotopic (exact) mass is 496 g/mol. The first kappa shape index (κ1) is 28.4. The summed E-state index contributed by atoms with van der Waals surface area (Å²) in [5.41, 5.74) is 0. The molecule has 3 aliphatic carbocycles. The van der Waals surface area contributed by atoms with E-state index in [-0.39, 0.29) is 31.0 Å². The zero-order valence-electron chi connectivity index (χ0n) is 21.4. The van der Waals surface area contributed by atoms with E-state index in [0.29, 0.717) is 25.6 Å². The number of aliphatic hydroxyl groups excluding tert-OH is 2. The Labute approximate surface area is 210 Å². The number of aliphatic carboxylic acids is 2. The van der Waals surface area contributed by atoms with Crippen LogP contribution in [0.3, 0.4) is 0 Å². The summed E-state index contributed by atoms with van der Waals surface area (Å²) in [5.74, 6) is -1.12. The summed E-state index contributed by atoms with van der Waals surface area (Å²) in [5, 5.41) is 40.6.